The summed E-state index contributed by atoms with van der Waals surface area (Å²) in [7, 11) is -4.45. The van der Waals surface area contributed by atoms with E-state index in [0.29, 0.717) is 72.7 Å². The molecule has 0 radical (unpaired) electrons. The Kier molecular flexibility index (Phi) is 18.0. The summed E-state index contributed by atoms with van der Waals surface area (Å²) in [4.78, 5) is 0. The van der Waals surface area contributed by atoms with Gasteiger partial charge in [0.25, 0.3) is 0 Å². The van der Waals surface area contributed by atoms with Crippen molar-refractivity contribution in [1.82, 2.24) is 0 Å². The molecule has 0 atom stereocenters. The maximum Gasteiger partial charge on any atom is 0.453 e. The van der Waals surface area contributed by atoms with Gasteiger partial charge in [-0.05, 0) is 145 Å². The van der Waals surface area contributed by atoms with E-state index in [4.69, 9.17) is 35.3 Å². The zero-order valence-corrected chi connectivity index (χ0v) is 65.4. The minimum Gasteiger partial charge on any atom is -0.488 e. The number of rotatable bonds is 10. The van der Waals surface area contributed by atoms with Crippen LogP contribution in [0.3, 0.4) is 0 Å². The quantitative estimate of drug-likeness (QED) is 0.134. The molecule has 8 bridgehead atoms. The van der Waals surface area contributed by atoms with Crippen LogP contribution in [0.15, 0.2) is 272 Å². The Balaban J connectivity index is 0.971. The Morgan fingerprint density at radius 1 is 0.259 bits per heavy atom. The van der Waals surface area contributed by atoms with E-state index in [-0.39, 0.29) is 21.7 Å². The molecule has 2 aromatic heterocycles. The Morgan fingerprint density at radius 2 is 0.481 bits per heavy atom. The molecule has 0 saturated carbocycles. The van der Waals surface area contributed by atoms with Crippen molar-refractivity contribution in [2.45, 2.75) is 144 Å². The highest BCUT2D eigenvalue weighted by Crippen LogP contribution is 2.51. The van der Waals surface area contributed by atoms with Crippen LogP contribution in [0.2, 0.25) is 0 Å². The van der Waals surface area contributed by atoms with E-state index >= 15 is 0 Å². The summed E-state index contributed by atoms with van der Waals surface area (Å²) in [6, 6.07) is 91.1. The minimum absolute atomic E-state index is 0.317. The first-order valence-corrected chi connectivity index (χ1v) is 39.9. The van der Waals surface area contributed by atoms with Crippen LogP contribution < -0.4 is 18.5 Å². The minimum atomic E-state index is -2.22. The summed E-state index contributed by atoms with van der Waals surface area (Å²) >= 11 is 0. The summed E-state index contributed by atoms with van der Waals surface area (Å²) in [5, 5.41) is 12.6. The van der Waals surface area contributed by atoms with Gasteiger partial charge in [-0.25, -0.2) is 0 Å². The predicted octanol–water partition coefficient (Wildman–Crippen LogP) is 28.2. The molecule has 540 valence electrons. The molecule has 16 aromatic rings. The first-order chi connectivity index (χ1) is 52.0. The van der Waals surface area contributed by atoms with Crippen LogP contribution in [-0.4, -0.2) is 0 Å². The second-order valence-corrected chi connectivity index (χ2v) is 35.4. The first-order valence-electron chi connectivity index (χ1n) is 37.7. The molecular formula is C98H90O8P2. The number of ether oxygens (including phenoxy) is 2. The average Bonchev–Trinajstić information content (AvgIpc) is 1.52. The zero-order valence-electron chi connectivity index (χ0n) is 63.7. The van der Waals surface area contributed by atoms with Crippen molar-refractivity contribution in [3.05, 3.63) is 333 Å². The molecule has 0 unspecified atom stereocenters. The van der Waals surface area contributed by atoms with Crippen molar-refractivity contribution >= 4 is 103 Å². The lowest BCUT2D eigenvalue weighted by Gasteiger charge is -2.29. The van der Waals surface area contributed by atoms with Gasteiger partial charge in [0, 0.05) is 69.5 Å². The van der Waals surface area contributed by atoms with Crippen molar-refractivity contribution in [2.24, 2.45) is 0 Å². The molecule has 108 heavy (non-hydrogen) atoms. The SMILES string of the molecule is CC(C)(C)c1cc2c(OCc3ccccc3)c(c1)Cc1cc(C(C)(C)C)cc(c1Op1oc3ccc4ccccc4c3c3c(ccc4ccccc43)o1)Cc1cc(C(C)(C)C)cc(c1OCc1ccccc1)Cc1cc(C(C)(C)C)cc(c1Op1oc3ccc4ccccc4c3c3c(ccc4ccccc43)o1)C2. The second kappa shape index (κ2) is 27.7. The third-order valence-corrected chi connectivity index (χ3v) is 23.5. The molecule has 14 aromatic carbocycles. The second-order valence-electron chi connectivity index (χ2n) is 33.4. The number of fused-ring (bicyclic) bond motifs is 22. The lowest BCUT2D eigenvalue weighted by molar-refractivity contribution is 0.300. The molecule has 0 fully saturated rings. The maximum atomic E-state index is 7.89. The Bertz CT molecular complexity index is 5620. The predicted molar refractivity (Wildman–Crippen MR) is 448 cm³/mol. The third kappa shape index (κ3) is 13.8. The monoisotopic (exact) mass is 1460 g/mol. The molecule has 0 spiro atoms. The third-order valence-electron chi connectivity index (χ3n) is 21.5. The van der Waals surface area contributed by atoms with Crippen LogP contribution in [0.5, 0.6) is 23.0 Å². The molecule has 2 heterocycles. The van der Waals surface area contributed by atoms with Crippen LogP contribution in [0.4, 0.5) is 0 Å². The molecule has 17 rings (SSSR count). The van der Waals surface area contributed by atoms with Gasteiger partial charge in [0.2, 0.25) is 0 Å². The Morgan fingerprint density at radius 3 is 0.722 bits per heavy atom. The summed E-state index contributed by atoms with van der Waals surface area (Å²) in [5.41, 5.74) is 16.1. The highest BCUT2D eigenvalue weighted by Gasteiger charge is 2.32. The van der Waals surface area contributed by atoms with Gasteiger partial charge in [0.15, 0.2) is 0 Å². The van der Waals surface area contributed by atoms with Gasteiger partial charge in [-0.15, -0.1) is 0 Å². The maximum absolute atomic E-state index is 7.89. The fourth-order valence-electron chi connectivity index (χ4n) is 15.6. The first kappa shape index (κ1) is 70.1. The van der Waals surface area contributed by atoms with Crippen LogP contribution >= 0.6 is 16.5 Å². The molecule has 1 aliphatic carbocycles. The standard InChI is InChI=1S/C98H90O8P2/c1-95(2,3)75-51-67-47-71-55-77(97(7,8)9)57-73(93(71)105-107-101-83-43-39-63-31-19-23-35-79(63)87(83)88-80-36-24-20-32-64(80)40-44-84(88)102-107)49-69-53-76(96(4,5)6)54-70(92(69)100-60-62-29-17-14-18-30-62)50-74-58-78(98(10,11)12)56-72(48-68(52-75)91(67)99-59-61-27-15-13-16-28-61)94(74)106-108-103-85-45-41-65-33-21-25-37-81(65)89(85)90-82-38-26-22-34-66(82)42-46-86(90)104-108/h13-46,51-58H,47-50,59-60H2,1-12H3. The van der Waals surface area contributed by atoms with E-state index in [1.54, 1.807) is 0 Å². The molecule has 8 nitrogen and oxygen atoms in total. The fourth-order valence-corrected chi connectivity index (χ4v) is 17.9. The van der Waals surface area contributed by atoms with E-state index in [0.717, 1.165) is 154 Å². The van der Waals surface area contributed by atoms with Gasteiger partial charge in [-0.1, -0.05) is 314 Å². The Hall–Kier alpha value is -10.9. The number of benzene rings is 14. The van der Waals surface area contributed by atoms with Crippen molar-refractivity contribution < 1.29 is 35.3 Å². The van der Waals surface area contributed by atoms with Gasteiger partial charge in [0.1, 0.15) is 58.5 Å². The summed E-state index contributed by atoms with van der Waals surface area (Å²) in [5.74, 6) is 2.96. The summed E-state index contributed by atoms with van der Waals surface area (Å²) in [6.07, 6.45) is 1.65. The van der Waals surface area contributed by atoms with Crippen molar-refractivity contribution in [1.29, 1.82) is 0 Å². The van der Waals surface area contributed by atoms with E-state index in [1.807, 2.05) is 0 Å². The van der Waals surface area contributed by atoms with E-state index in [2.05, 4.69) is 338 Å². The lowest BCUT2D eigenvalue weighted by atomic mass is 9.79. The smallest absolute Gasteiger partial charge is 0.453 e. The van der Waals surface area contributed by atoms with Crippen molar-refractivity contribution in [2.75, 3.05) is 0 Å². The van der Waals surface area contributed by atoms with Crippen LogP contribution in [0.25, 0.3) is 87.0 Å². The molecule has 0 saturated heterocycles. The fraction of sp³-hybridized carbons (Fsp3) is 0.224. The molecule has 0 N–H and O–H groups in total. The highest BCUT2D eigenvalue weighted by atomic mass is 31.1. The molecular weight excluding hydrogens is 1370 g/mol. The number of hydrogen-bond donors (Lipinski definition) is 0. The van der Waals surface area contributed by atoms with Crippen molar-refractivity contribution in [3.8, 4) is 23.0 Å². The molecule has 0 aliphatic heterocycles. The molecule has 0 amide bonds. The van der Waals surface area contributed by atoms with E-state index in [9.17, 15) is 0 Å². The van der Waals surface area contributed by atoms with Crippen LogP contribution in [0, 0.1) is 0 Å². The van der Waals surface area contributed by atoms with Gasteiger partial charge in [-0.2, -0.15) is 0 Å². The Labute approximate surface area is 634 Å². The average molecular weight is 1460 g/mol. The van der Waals surface area contributed by atoms with Gasteiger partial charge in [-0.3, -0.25) is 0 Å². The number of hydrogen-bond acceptors (Lipinski definition) is 8. The normalized spacial score (nSPS) is 12.9. The topological polar surface area (TPSA) is 89.5 Å². The lowest BCUT2D eigenvalue weighted by Crippen LogP contribution is -2.17. The molecule has 10 heteroatoms. The van der Waals surface area contributed by atoms with Gasteiger partial charge >= 0.3 is 16.5 Å². The molecule has 1 aliphatic rings. The highest BCUT2D eigenvalue weighted by molar-refractivity contribution is 7.32. The van der Waals surface area contributed by atoms with E-state index < -0.39 is 16.5 Å². The van der Waals surface area contributed by atoms with Crippen LogP contribution in [0.1, 0.15) is 161 Å². The van der Waals surface area contributed by atoms with E-state index in [1.165, 1.54) is 0 Å². The van der Waals surface area contributed by atoms with Crippen LogP contribution in [-0.2, 0) is 60.6 Å². The van der Waals surface area contributed by atoms with Gasteiger partial charge < -0.3 is 35.3 Å². The van der Waals surface area contributed by atoms with Crippen molar-refractivity contribution in [3.63, 3.8) is 0 Å². The largest absolute Gasteiger partial charge is 0.488 e. The summed E-state index contributed by atoms with van der Waals surface area (Å²) in [6.45, 7) is 28.3. The zero-order chi connectivity index (χ0) is 74.4. The summed E-state index contributed by atoms with van der Waals surface area (Å²) < 4.78 is 60.5. The van der Waals surface area contributed by atoms with Gasteiger partial charge in [0.05, 0.1) is 0 Å².